The third-order valence-electron chi connectivity index (χ3n) is 2.55. The first-order valence-corrected chi connectivity index (χ1v) is 6.58. The average molecular weight is 320 g/mol. The molecule has 0 saturated carbocycles. The summed E-state index contributed by atoms with van der Waals surface area (Å²) in [4.78, 5) is 12.0. The smallest absolute Gasteiger partial charge is 0.252 e. The van der Waals surface area contributed by atoms with Crippen molar-refractivity contribution in [3.63, 3.8) is 0 Å². The number of hydrogen-bond donors (Lipinski definition) is 2. The summed E-state index contributed by atoms with van der Waals surface area (Å²) in [7, 11) is 0. The minimum absolute atomic E-state index is 0.0231. The molecule has 0 spiro atoms. The van der Waals surface area contributed by atoms with Crippen LogP contribution in [0.2, 0.25) is 5.02 Å². The minimum Gasteiger partial charge on any atom is -0.348 e. The third kappa shape index (κ3) is 3.98. The zero-order valence-corrected chi connectivity index (χ0v) is 12.2. The number of carbonyl (C=O) groups excluding carboxylic acids is 1. The molecule has 5 heteroatoms. The molecular formula is C12H16BrClN2O. The summed E-state index contributed by atoms with van der Waals surface area (Å²) in [5.41, 5.74) is 6.18. The summed E-state index contributed by atoms with van der Waals surface area (Å²) >= 11 is 9.14. The molecule has 0 fully saturated rings. The van der Waals surface area contributed by atoms with E-state index in [1.54, 1.807) is 18.2 Å². The van der Waals surface area contributed by atoms with Crippen LogP contribution in [0.4, 0.5) is 0 Å². The van der Waals surface area contributed by atoms with Crippen LogP contribution in [0.3, 0.4) is 0 Å². The fraction of sp³-hybridized carbons (Fsp3) is 0.417. The van der Waals surface area contributed by atoms with Gasteiger partial charge in [0.1, 0.15) is 0 Å². The lowest BCUT2D eigenvalue weighted by Gasteiger charge is -2.20. The Morgan fingerprint density at radius 2 is 2.18 bits per heavy atom. The molecule has 94 valence electrons. The molecule has 0 aliphatic carbocycles. The molecule has 1 aromatic carbocycles. The SMILES string of the molecule is CC(C)C(CN)NC(=O)c1ccc(Cl)cc1Br. The van der Waals surface area contributed by atoms with Crippen molar-refractivity contribution in [1.82, 2.24) is 5.32 Å². The highest BCUT2D eigenvalue weighted by Crippen LogP contribution is 2.21. The lowest BCUT2D eigenvalue weighted by molar-refractivity contribution is 0.0927. The first-order valence-electron chi connectivity index (χ1n) is 5.41. The van der Waals surface area contributed by atoms with Crippen molar-refractivity contribution in [1.29, 1.82) is 0 Å². The van der Waals surface area contributed by atoms with Crippen LogP contribution in [0.5, 0.6) is 0 Å². The maximum absolute atomic E-state index is 12.0. The van der Waals surface area contributed by atoms with Crippen LogP contribution in [-0.4, -0.2) is 18.5 Å². The zero-order chi connectivity index (χ0) is 13.0. The highest BCUT2D eigenvalue weighted by molar-refractivity contribution is 9.10. The Hall–Kier alpha value is -0.580. The van der Waals surface area contributed by atoms with Crippen molar-refractivity contribution in [2.75, 3.05) is 6.54 Å². The first kappa shape index (κ1) is 14.5. The molecule has 0 aliphatic rings. The largest absolute Gasteiger partial charge is 0.348 e. The van der Waals surface area contributed by atoms with Crippen LogP contribution in [-0.2, 0) is 0 Å². The second kappa shape index (κ2) is 6.38. The van der Waals surface area contributed by atoms with Gasteiger partial charge in [0.2, 0.25) is 0 Å². The van der Waals surface area contributed by atoms with Gasteiger partial charge < -0.3 is 11.1 Å². The van der Waals surface area contributed by atoms with Gasteiger partial charge in [-0.1, -0.05) is 25.4 Å². The fourth-order valence-electron chi connectivity index (χ4n) is 1.42. The summed E-state index contributed by atoms with van der Waals surface area (Å²) in [5, 5.41) is 3.50. The van der Waals surface area contributed by atoms with Gasteiger partial charge in [0, 0.05) is 22.1 Å². The molecule has 1 aromatic rings. The van der Waals surface area contributed by atoms with Gasteiger partial charge in [-0.25, -0.2) is 0 Å². The Morgan fingerprint density at radius 1 is 1.53 bits per heavy atom. The van der Waals surface area contributed by atoms with Crippen molar-refractivity contribution in [3.05, 3.63) is 33.3 Å². The molecule has 0 aromatic heterocycles. The Balaban J connectivity index is 2.82. The van der Waals surface area contributed by atoms with Gasteiger partial charge in [0.25, 0.3) is 5.91 Å². The van der Waals surface area contributed by atoms with Crippen LogP contribution in [0.1, 0.15) is 24.2 Å². The van der Waals surface area contributed by atoms with Gasteiger partial charge in [0.05, 0.1) is 5.56 Å². The number of benzene rings is 1. The second-order valence-electron chi connectivity index (χ2n) is 4.18. The van der Waals surface area contributed by atoms with Gasteiger partial charge in [-0.05, 0) is 40.0 Å². The van der Waals surface area contributed by atoms with Crippen LogP contribution < -0.4 is 11.1 Å². The quantitative estimate of drug-likeness (QED) is 0.896. The molecule has 3 nitrogen and oxygen atoms in total. The van der Waals surface area contributed by atoms with Crippen molar-refractivity contribution in [3.8, 4) is 0 Å². The van der Waals surface area contributed by atoms with Crippen LogP contribution in [0.25, 0.3) is 0 Å². The topological polar surface area (TPSA) is 55.1 Å². The first-order chi connectivity index (χ1) is 7.95. The molecule has 17 heavy (non-hydrogen) atoms. The van der Waals surface area contributed by atoms with Gasteiger partial charge in [0.15, 0.2) is 0 Å². The molecule has 0 radical (unpaired) electrons. The standard InChI is InChI=1S/C12H16BrClN2O/c1-7(2)11(6-15)16-12(17)9-4-3-8(14)5-10(9)13/h3-5,7,11H,6,15H2,1-2H3,(H,16,17). The van der Waals surface area contributed by atoms with Crippen LogP contribution in [0, 0.1) is 5.92 Å². The van der Waals surface area contributed by atoms with E-state index in [4.69, 9.17) is 17.3 Å². The van der Waals surface area contributed by atoms with E-state index in [1.807, 2.05) is 13.8 Å². The number of nitrogens with two attached hydrogens (primary N) is 1. The third-order valence-corrected chi connectivity index (χ3v) is 3.44. The molecular weight excluding hydrogens is 304 g/mol. The van der Waals surface area contributed by atoms with E-state index in [0.29, 0.717) is 27.5 Å². The summed E-state index contributed by atoms with van der Waals surface area (Å²) < 4.78 is 0.682. The van der Waals surface area contributed by atoms with Crippen molar-refractivity contribution < 1.29 is 4.79 Å². The monoisotopic (exact) mass is 318 g/mol. The van der Waals surface area contributed by atoms with Crippen molar-refractivity contribution in [2.24, 2.45) is 11.7 Å². The minimum atomic E-state index is -0.141. The molecule has 0 heterocycles. The molecule has 1 atom stereocenters. The second-order valence-corrected chi connectivity index (χ2v) is 5.47. The molecule has 1 rings (SSSR count). The number of rotatable bonds is 4. The lowest BCUT2D eigenvalue weighted by atomic mass is 10.0. The Labute approximate surface area is 115 Å². The number of amides is 1. The number of nitrogens with one attached hydrogen (secondary N) is 1. The summed E-state index contributed by atoms with van der Waals surface area (Å²) in [5.74, 6) is 0.160. The van der Waals surface area contributed by atoms with E-state index >= 15 is 0 Å². The van der Waals surface area contributed by atoms with Crippen LogP contribution >= 0.6 is 27.5 Å². The molecule has 3 N–H and O–H groups in total. The zero-order valence-electron chi connectivity index (χ0n) is 9.84. The Kier molecular flexibility index (Phi) is 5.43. The molecule has 0 saturated heterocycles. The predicted octanol–water partition coefficient (Wildman–Crippen LogP) is 2.82. The van der Waals surface area contributed by atoms with E-state index in [9.17, 15) is 4.79 Å². The normalized spacial score (nSPS) is 12.6. The maximum atomic E-state index is 12.0. The predicted molar refractivity (Wildman–Crippen MR) is 74.3 cm³/mol. The molecule has 1 unspecified atom stereocenters. The van der Waals surface area contributed by atoms with Gasteiger partial charge in [-0.15, -0.1) is 0 Å². The van der Waals surface area contributed by atoms with Crippen LogP contribution in [0.15, 0.2) is 22.7 Å². The number of halogens is 2. The Bertz CT molecular complexity index is 409. The summed E-state index contributed by atoms with van der Waals surface area (Å²) in [6.07, 6.45) is 0. The fourth-order valence-corrected chi connectivity index (χ4v) is 2.28. The molecule has 0 bridgehead atoms. The highest BCUT2D eigenvalue weighted by atomic mass is 79.9. The summed E-state index contributed by atoms with van der Waals surface area (Å²) in [6.45, 7) is 4.47. The molecule has 1 amide bonds. The number of carbonyl (C=O) groups is 1. The highest BCUT2D eigenvalue weighted by Gasteiger charge is 2.17. The summed E-state index contributed by atoms with van der Waals surface area (Å²) in [6, 6.07) is 5.05. The van der Waals surface area contributed by atoms with E-state index in [2.05, 4.69) is 21.2 Å². The van der Waals surface area contributed by atoms with E-state index in [-0.39, 0.29) is 11.9 Å². The van der Waals surface area contributed by atoms with Crippen molar-refractivity contribution >= 4 is 33.4 Å². The lowest BCUT2D eigenvalue weighted by Crippen LogP contribution is -2.43. The van der Waals surface area contributed by atoms with Gasteiger partial charge in [-0.2, -0.15) is 0 Å². The number of hydrogen-bond acceptors (Lipinski definition) is 2. The van der Waals surface area contributed by atoms with Crippen molar-refractivity contribution in [2.45, 2.75) is 19.9 Å². The van der Waals surface area contributed by atoms with Gasteiger partial charge >= 0.3 is 0 Å². The van der Waals surface area contributed by atoms with E-state index in [1.165, 1.54) is 0 Å². The van der Waals surface area contributed by atoms with E-state index < -0.39 is 0 Å². The Morgan fingerprint density at radius 3 is 2.65 bits per heavy atom. The maximum Gasteiger partial charge on any atom is 0.252 e. The van der Waals surface area contributed by atoms with Gasteiger partial charge in [-0.3, -0.25) is 4.79 Å². The average Bonchev–Trinajstić information content (AvgIpc) is 2.24. The van der Waals surface area contributed by atoms with E-state index in [0.717, 1.165) is 0 Å². The molecule has 0 aliphatic heterocycles.